The Kier molecular flexibility index (Phi) is 13.7. The lowest BCUT2D eigenvalue weighted by Crippen LogP contribution is -2.25. The SMILES string of the molecule is COC(=O)C(CSNC(=O)Nc1ccc(C(=O)c2cc(C)c(OC)c(C)c2)cc1)c1cc(I)c(Oc2cc(I)c(O)c(I)c2)c(I)c1. The zero-order valence-corrected chi connectivity index (χ0v) is 34.8. The number of ether oxygens (including phenoxy) is 3. The molecule has 4 rings (SSSR count). The van der Waals surface area contributed by atoms with Gasteiger partial charge in [0.05, 0.1) is 34.4 Å². The lowest BCUT2D eigenvalue weighted by molar-refractivity contribution is -0.141. The Morgan fingerprint density at radius 3 is 1.91 bits per heavy atom. The minimum Gasteiger partial charge on any atom is -0.506 e. The zero-order chi connectivity index (χ0) is 34.4. The van der Waals surface area contributed by atoms with Gasteiger partial charge in [0.2, 0.25) is 0 Å². The molecule has 4 aromatic carbocycles. The maximum absolute atomic E-state index is 13.1. The standard InChI is InChI=1S/C33H28I4N2O7S/c1-16-9-20(10-17(2)30(16)44-3)28(40)18-5-7-21(8-6-18)38-33(43)39-47-15-23(32(42)45-4)19-11-26(36)31(27(37)12-19)46-22-13-24(34)29(41)25(35)14-22/h5-14,23,41H,15H2,1-4H3,(H2,38,39,43). The molecule has 3 N–H and O–H groups in total. The maximum Gasteiger partial charge on any atom is 0.329 e. The van der Waals surface area contributed by atoms with Crippen LogP contribution in [0.25, 0.3) is 0 Å². The van der Waals surface area contributed by atoms with Gasteiger partial charge in [0.25, 0.3) is 0 Å². The minimum atomic E-state index is -0.660. The number of aryl methyl sites for hydroxylation is 2. The summed E-state index contributed by atoms with van der Waals surface area (Å²) in [5.74, 6) is 1.16. The van der Waals surface area contributed by atoms with Gasteiger partial charge in [-0.05, 0) is 194 Å². The number of aromatic hydroxyl groups is 1. The molecule has 1 atom stereocenters. The average molecular weight is 1100 g/mol. The van der Waals surface area contributed by atoms with Gasteiger partial charge in [-0.25, -0.2) is 4.79 Å². The molecule has 9 nitrogen and oxygen atoms in total. The number of nitrogens with one attached hydrogen (secondary N) is 2. The van der Waals surface area contributed by atoms with E-state index in [9.17, 15) is 19.5 Å². The zero-order valence-electron chi connectivity index (χ0n) is 25.4. The fraction of sp³-hybridized carbons (Fsp3) is 0.182. The van der Waals surface area contributed by atoms with Crippen molar-refractivity contribution in [1.29, 1.82) is 0 Å². The van der Waals surface area contributed by atoms with E-state index in [-0.39, 0.29) is 17.3 Å². The van der Waals surface area contributed by atoms with Crippen molar-refractivity contribution >= 4 is 126 Å². The number of methoxy groups -OCH3 is 2. The molecule has 246 valence electrons. The van der Waals surface area contributed by atoms with Crippen LogP contribution in [0.1, 0.15) is 38.5 Å². The van der Waals surface area contributed by atoms with E-state index in [1.807, 2.05) is 26.0 Å². The molecule has 2 amide bonds. The van der Waals surface area contributed by atoms with E-state index >= 15 is 0 Å². The maximum atomic E-state index is 13.1. The minimum absolute atomic E-state index is 0.131. The van der Waals surface area contributed by atoms with Gasteiger partial charge in [-0.15, -0.1) is 0 Å². The lowest BCUT2D eigenvalue weighted by Gasteiger charge is -2.18. The van der Waals surface area contributed by atoms with Crippen LogP contribution in [0.3, 0.4) is 0 Å². The highest BCUT2D eigenvalue weighted by atomic mass is 127. The number of halogens is 4. The number of hydrogen-bond acceptors (Lipinski definition) is 8. The molecule has 4 aromatic rings. The van der Waals surface area contributed by atoms with Gasteiger partial charge in [0.15, 0.2) is 11.5 Å². The average Bonchev–Trinajstić information content (AvgIpc) is 3.03. The van der Waals surface area contributed by atoms with E-state index in [4.69, 9.17) is 14.2 Å². The van der Waals surface area contributed by atoms with Crippen molar-refractivity contribution < 1.29 is 33.7 Å². The number of carbonyl (C=O) groups is 3. The van der Waals surface area contributed by atoms with Gasteiger partial charge < -0.3 is 24.6 Å². The van der Waals surface area contributed by atoms with E-state index in [0.29, 0.717) is 41.0 Å². The number of benzene rings is 4. The van der Waals surface area contributed by atoms with Crippen LogP contribution in [0, 0.1) is 28.1 Å². The van der Waals surface area contributed by atoms with Gasteiger partial charge in [-0.2, -0.15) is 0 Å². The third-order valence-electron chi connectivity index (χ3n) is 6.87. The van der Waals surface area contributed by atoms with Crippen molar-refractivity contribution in [3.8, 4) is 23.0 Å². The van der Waals surface area contributed by atoms with Gasteiger partial charge in [0, 0.05) is 22.6 Å². The molecule has 1 unspecified atom stereocenters. The van der Waals surface area contributed by atoms with Gasteiger partial charge in [-0.1, -0.05) is 0 Å². The Morgan fingerprint density at radius 2 is 1.38 bits per heavy atom. The Hall–Kier alpha value is -2.04. The van der Waals surface area contributed by atoms with Crippen molar-refractivity contribution in [3.63, 3.8) is 0 Å². The predicted molar refractivity (Wildman–Crippen MR) is 217 cm³/mol. The fourth-order valence-electron chi connectivity index (χ4n) is 4.66. The largest absolute Gasteiger partial charge is 0.506 e. The highest BCUT2D eigenvalue weighted by Crippen LogP contribution is 2.38. The van der Waals surface area contributed by atoms with Crippen LogP contribution in [-0.4, -0.2) is 42.9 Å². The molecule has 14 heteroatoms. The molecule has 0 aliphatic carbocycles. The number of carbonyl (C=O) groups excluding carboxylic acids is 3. The Balaban J connectivity index is 1.38. The number of hydrogen-bond donors (Lipinski definition) is 3. The van der Waals surface area contributed by atoms with Crippen molar-refractivity contribution in [2.24, 2.45) is 0 Å². The quantitative estimate of drug-likeness (QED) is 0.0589. The number of rotatable bonds is 11. The van der Waals surface area contributed by atoms with Crippen LogP contribution >= 0.6 is 102 Å². The van der Waals surface area contributed by atoms with E-state index in [1.54, 1.807) is 55.6 Å². The van der Waals surface area contributed by atoms with Crippen LogP contribution in [0.2, 0.25) is 0 Å². The molecule has 0 aliphatic rings. The second-order valence-electron chi connectivity index (χ2n) is 10.1. The van der Waals surface area contributed by atoms with E-state index in [1.165, 1.54) is 7.11 Å². The molecule has 0 heterocycles. The number of amides is 2. The summed E-state index contributed by atoms with van der Waals surface area (Å²) in [7, 11) is 2.93. The number of ketones is 1. The van der Waals surface area contributed by atoms with Gasteiger partial charge in [0.1, 0.15) is 17.2 Å². The monoisotopic (exact) mass is 1100 g/mol. The Labute approximate surface area is 331 Å². The molecule has 0 aromatic heterocycles. The van der Waals surface area contributed by atoms with Crippen LogP contribution in [0.15, 0.2) is 60.7 Å². The molecular formula is C33H28I4N2O7S. The molecule has 47 heavy (non-hydrogen) atoms. The third-order valence-corrected chi connectivity index (χ3v) is 10.9. The second kappa shape index (κ2) is 17.1. The number of phenols is 1. The molecule has 0 fully saturated rings. The summed E-state index contributed by atoms with van der Waals surface area (Å²) in [6, 6.07) is 17.0. The van der Waals surface area contributed by atoms with Crippen molar-refractivity contribution in [3.05, 3.63) is 103 Å². The normalized spacial score (nSPS) is 11.4. The first-order valence-corrected chi connectivity index (χ1v) is 19.0. The molecule has 0 aliphatic heterocycles. The second-order valence-corrected chi connectivity index (χ2v) is 15.6. The first-order valence-electron chi connectivity index (χ1n) is 13.7. The summed E-state index contributed by atoms with van der Waals surface area (Å²) in [6.07, 6.45) is 0. The number of anilines is 1. The fourth-order valence-corrected chi connectivity index (χ4v) is 9.17. The first-order chi connectivity index (χ1) is 22.3. The summed E-state index contributed by atoms with van der Waals surface area (Å²) >= 11 is 9.49. The summed E-state index contributed by atoms with van der Waals surface area (Å²) in [4.78, 5) is 38.5. The highest BCUT2D eigenvalue weighted by Gasteiger charge is 2.25. The molecule has 0 saturated carbocycles. The van der Waals surface area contributed by atoms with Crippen LogP contribution in [0.4, 0.5) is 10.5 Å². The van der Waals surface area contributed by atoms with Crippen molar-refractivity contribution in [2.75, 3.05) is 25.3 Å². The molecular weight excluding hydrogens is 1080 g/mol. The van der Waals surface area contributed by atoms with E-state index in [2.05, 4.69) is 100 Å². The topological polar surface area (TPSA) is 123 Å². The van der Waals surface area contributed by atoms with Crippen molar-refractivity contribution in [1.82, 2.24) is 4.72 Å². The number of esters is 1. The lowest BCUT2D eigenvalue weighted by atomic mass is 9.98. The smallest absolute Gasteiger partial charge is 0.329 e. The van der Waals surface area contributed by atoms with Gasteiger partial charge >= 0.3 is 12.0 Å². The summed E-state index contributed by atoms with van der Waals surface area (Å²) in [6.45, 7) is 3.79. The summed E-state index contributed by atoms with van der Waals surface area (Å²) in [5, 5.41) is 12.8. The van der Waals surface area contributed by atoms with Crippen LogP contribution in [0.5, 0.6) is 23.0 Å². The molecule has 0 spiro atoms. The third kappa shape index (κ3) is 9.56. The van der Waals surface area contributed by atoms with Crippen LogP contribution < -0.4 is 19.5 Å². The highest BCUT2D eigenvalue weighted by molar-refractivity contribution is 14.1. The van der Waals surface area contributed by atoms with Gasteiger partial charge in [-0.3, -0.25) is 14.3 Å². The molecule has 0 radical (unpaired) electrons. The predicted octanol–water partition coefficient (Wildman–Crippen LogP) is 9.19. The molecule has 0 bridgehead atoms. The van der Waals surface area contributed by atoms with Crippen molar-refractivity contribution in [2.45, 2.75) is 19.8 Å². The van der Waals surface area contributed by atoms with Crippen LogP contribution in [-0.2, 0) is 9.53 Å². The van der Waals surface area contributed by atoms with E-state index < -0.39 is 17.9 Å². The number of urea groups is 1. The molecule has 0 saturated heterocycles. The summed E-state index contributed by atoms with van der Waals surface area (Å²) < 4.78 is 22.3. The first kappa shape index (κ1) is 37.8. The van der Waals surface area contributed by atoms with E-state index in [0.717, 1.165) is 36.0 Å². The summed E-state index contributed by atoms with van der Waals surface area (Å²) in [5.41, 5.74) is 4.02. The number of phenolic OH excluding ortho intramolecular Hbond substituents is 1. The Morgan fingerprint density at radius 1 is 0.809 bits per heavy atom. The Bertz CT molecular complexity index is 1770.